The Morgan fingerprint density at radius 1 is 1.20 bits per heavy atom. The average Bonchev–Trinajstić information content (AvgIpc) is 3.66. The van der Waals surface area contributed by atoms with E-state index in [1.165, 1.54) is 21.7 Å². The fourth-order valence-corrected chi connectivity index (χ4v) is 7.62. The number of aliphatic hydroxyl groups excluding tert-OH is 1. The zero-order valence-corrected chi connectivity index (χ0v) is 24.1. The molecule has 40 heavy (non-hydrogen) atoms. The lowest BCUT2D eigenvalue weighted by molar-refractivity contribution is -0.0907. The number of benzene rings is 2. The van der Waals surface area contributed by atoms with Crippen LogP contribution in [0.3, 0.4) is 0 Å². The molecule has 0 bridgehead atoms. The second-order valence-electron chi connectivity index (χ2n) is 10.7. The van der Waals surface area contributed by atoms with Gasteiger partial charge >= 0.3 is 6.09 Å². The van der Waals surface area contributed by atoms with Crippen molar-refractivity contribution in [1.29, 1.82) is 0 Å². The number of aliphatic hydroxyl groups is 1. The highest BCUT2D eigenvalue weighted by molar-refractivity contribution is 7.89. The molecular weight excluding hydrogens is 554 g/mol. The van der Waals surface area contributed by atoms with Gasteiger partial charge in [-0.3, -0.25) is 0 Å². The molecule has 216 valence electrons. The van der Waals surface area contributed by atoms with E-state index >= 15 is 0 Å². The molecule has 3 aromatic rings. The minimum atomic E-state index is -3.95. The standard InChI is InChI=1S/C28H35N3O7S2/c1-18(2)14-31(40(34,35)20-8-9-22-26(13-20)39-17-29-22)15-24(32)23(12-19-6-4-3-5-7-19)30-28(33)38-25-16-37-27-21(25)10-11-36-27/h3-9,13,17-18,21,23-25,27,32H,10-12,14-16H2,1-2H3,(H,30,33)/t21?,23-,24+,25?,27?/m0/s1. The molecule has 2 aliphatic heterocycles. The number of carbonyl (C=O) groups excluding carboxylic acids is 1. The van der Waals surface area contributed by atoms with Crippen LogP contribution in [0.15, 0.2) is 58.9 Å². The Morgan fingerprint density at radius 3 is 2.77 bits per heavy atom. The first-order valence-corrected chi connectivity index (χ1v) is 15.8. The summed E-state index contributed by atoms with van der Waals surface area (Å²) >= 11 is 1.37. The minimum absolute atomic E-state index is 0.00329. The Balaban J connectivity index is 1.34. The number of nitrogens with one attached hydrogen (secondary N) is 1. The van der Waals surface area contributed by atoms with Crippen LogP contribution < -0.4 is 5.32 Å². The highest BCUT2D eigenvalue weighted by atomic mass is 32.2. The quantitative estimate of drug-likeness (QED) is 0.349. The Kier molecular flexibility index (Phi) is 9.03. The zero-order chi connectivity index (χ0) is 28.3. The van der Waals surface area contributed by atoms with E-state index in [1.807, 2.05) is 44.2 Å². The van der Waals surface area contributed by atoms with Crippen LogP contribution in [0.1, 0.15) is 25.8 Å². The largest absolute Gasteiger partial charge is 0.443 e. The fraction of sp³-hybridized carbons (Fsp3) is 0.500. The molecule has 5 rings (SSSR count). The van der Waals surface area contributed by atoms with Crippen molar-refractivity contribution in [2.75, 3.05) is 26.3 Å². The van der Waals surface area contributed by atoms with Crippen molar-refractivity contribution < 1.29 is 32.5 Å². The van der Waals surface area contributed by atoms with Crippen molar-refractivity contribution >= 4 is 37.7 Å². The highest BCUT2D eigenvalue weighted by Crippen LogP contribution is 2.33. The lowest BCUT2D eigenvalue weighted by Crippen LogP contribution is -2.51. The average molecular weight is 590 g/mol. The zero-order valence-electron chi connectivity index (χ0n) is 22.5. The molecule has 2 fully saturated rings. The molecule has 10 nitrogen and oxygen atoms in total. The molecule has 0 aliphatic carbocycles. The summed E-state index contributed by atoms with van der Waals surface area (Å²) in [4.78, 5) is 17.4. The van der Waals surface area contributed by atoms with Crippen LogP contribution in [0, 0.1) is 11.8 Å². The third kappa shape index (κ3) is 6.64. The van der Waals surface area contributed by atoms with E-state index < -0.39 is 34.4 Å². The molecule has 1 aromatic heterocycles. The van der Waals surface area contributed by atoms with Gasteiger partial charge < -0.3 is 24.6 Å². The molecule has 2 aromatic carbocycles. The summed E-state index contributed by atoms with van der Waals surface area (Å²) in [5, 5.41) is 14.2. The van der Waals surface area contributed by atoms with Crippen LogP contribution in [0.25, 0.3) is 10.2 Å². The maximum Gasteiger partial charge on any atom is 0.407 e. The molecule has 5 atom stereocenters. The SMILES string of the molecule is CC(C)CN(C[C@@H](O)[C@H](Cc1ccccc1)NC(=O)OC1COC2OCCC12)S(=O)(=O)c1ccc2ncsc2c1. The van der Waals surface area contributed by atoms with Gasteiger partial charge in [-0.1, -0.05) is 44.2 Å². The Labute approximate surface area is 238 Å². The third-order valence-electron chi connectivity index (χ3n) is 7.21. The lowest BCUT2D eigenvalue weighted by Gasteiger charge is -2.31. The third-order valence-corrected chi connectivity index (χ3v) is 9.83. The van der Waals surface area contributed by atoms with Crippen LogP contribution in [0.4, 0.5) is 4.79 Å². The number of rotatable bonds is 11. The lowest BCUT2D eigenvalue weighted by atomic mass is 10.0. The first-order chi connectivity index (χ1) is 19.2. The van der Waals surface area contributed by atoms with Gasteiger partial charge in [-0.15, -0.1) is 11.3 Å². The molecule has 1 amide bonds. The summed E-state index contributed by atoms with van der Waals surface area (Å²) in [6.45, 7) is 4.64. The predicted octanol–water partition coefficient (Wildman–Crippen LogP) is 3.40. The van der Waals surface area contributed by atoms with Crippen molar-refractivity contribution in [1.82, 2.24) is 14.6 Å². The van der Waals surface area contributed by atoms with Crippen LogP contribution in [0.5, 0.6) is 0 Å². The number of sulfonamides is 1. The first-order valence-electron chi connectivity index (χ1n) is 13.5. The van der Waals surface area contributed by atoms with Crippen molar-refractivity contribution in [2.24, 2.45) is 11.8 Å². The van der Waals surface area contributed by atoms with Gasteiger partial charge in [-0.25, -0.2) is 18.2 Å². The summed E-state index contributed by atoms with van der Waals surface area (Å²) in [7, 11) is -3.95. The topological polar surface area (TPSA) is 127 Å². The van der Waals surface area contributed by atoms with Crippen molar-refractivity contribution in [2.45, 2.75) is 56.1 Å². The molecule has 0 spiro atoms. The van der Waals surface area contributed by atoms with E-state index in [2.05, 4.69) is 10.3 Å². The number of fused-ring (bicyclic) bond motifs is 2. The van der Waals surface area contributed by atoms with Crippen molar-refractivity contribution in [3.8, 4) is 0 Å². The molecule has 3 heterocycles. The number of hydrogen-bond donors (Lipinski definition) is 2. The summed E-state index contributed by atoms with van der Waals surface area (Å²) in [6, 6.07) is 13.5. The molecule has 2 aliphatic rings. The number of thiazole rings is 1. The molecule has 2 N–H and O–H groups in total. The van der Waals surface area contributed by atoms with Gasteiger partial charge in [0.15, 0.2) is 6.29 Å². The van der Waals surface area contributed by atoms with Crippen LogP contribution in [-0.2, 0) is 30.7 Å². The van der Waals surface area contributed by atoms with Crippen LogP contribution in [-0.4, -0.2) is 79.7 Å². The van der Waals surface area contributed by atoms with Gasteiger partial charge in [-0.05, 0) is 42.5 Å². The summed E-state index contributed by atoms with van der Waals surface area (Å²) < 4.78 is 46.4. The van der Waals surface area contributed by atoms with E-state index in [0.717, 1.165) is 22.2 Å². The molecular formula is C28H35N3O7S2. The van der Waals surface area contributed by atoms with E-state index in [1.54, 1.807) is 17.6 Å². The van der Waals surface area contributed by atoms with E-state index in [4.69, 9.17) is 14.2 Å². The van der Waals surface area contributed by atoms with Crippen molar-refractivity contribution in [3.63, 3.8) is 0 Å². The van der Waals surface area contributed by atoms with Crippen LogP contribution >= 0.6 is 11.3 Å². The maximum absolute atomic E-state index is 13.8. The highest BCUT2D eigenvalue weighted by Gasteiger charge is 2.44. The molecule has 0 radical (unpaired) electrons. The van der Waals surface area contributed by atoms with Gasteiger partial charge in [0.1, 0.15) is 6.10 Å². The Hall–Kier alpha value is -2.61. The van der Waals surface area contributed by atoms with Crippen LogP contribution in [0.2, 0.25) is 0 Å². The number of ether oxygens (including phenoxy) is 3. The number of aromatic nitrogens is 1. The number of hydrogen-bond acceptors (Lipinski definition) is 9. The molecule has 0 saturated carbocycles. The number of carbonyl (C=O) groups is 1. The number of alkyl carbamates (subject to hydrolysis) is 1. The second kappa shape index (κ2) is 12.5. The molecule has 3 unspecified atom stereocenters. The minimum Gasteiger partial charge on any atom is -0.443 e. The van der Waals surface area contributed by atoms with Gasteiger partial charge in [0, 0.05) is 13.1 Å². The summed E-state index contributed by atoms with van der Waals surface area (Å²) in [6.07, 6.45) is -1.67. The number of nitrogens with zero attached hydrogens (tertiary/aromatic N) is 2. The normalized spacial score (nSPS) is 22.5. The summed E-state index contributed by atoms with van der Waals surface area (Å²) in [5.41, 5.74) is 3.29. The summed E-state index contributed by atoms with van der Waals surface area (Å²) in [5.74, 6) is -0.0191. The van der Waals surface area contributed by atoms with Crippen molar-refractivity contribution in [3.05, 3.63) is 59.6 Å². The maximum atomic E-state index is 13.8. The second-order valence-corrected chi connectivity index (χ2v) is 13.5. The van der Waals surface area contributed by atoms with E-state index in [-0.39, 0.29) is 49.1 Å². The van der Waals surface area contributed by atoms with E-state index in [0.29, 0.717) is 6.61 Å². The number of amides is 1. The fourth-order valence-electron chi connectivity index (χ4n) is 5.18. The smallest absolute Gasteiger partial charge is 0.407 e. The monoisotopic (exact) mass is 589 g/mol. The predicted molar refractivity (Wildman–Crippen MR) is 150 cm³/mol. The first kappa shape index (κ1) is 28.9. The van der Waals surface area contributed by atoms with Gasteiger partial charge in [0.05, 0.1) is 51.9 Å². The van der Waals surface area contributed by atoms with E-state index in [9.17, 15) is 18.3 Å². The van der Waals surface area contributed by atoms with Gasteiger partial charge in [-0.2, -0.15) is 4.31 Å². The molecule has 12 heteroatoms. The Bertz CT molecular complexity index is 1400. The van der Waals surface area contributed by atoms with Gasteiger partial charge in [0.2, 0.25) is 10.0 Å². The Morgan fingerprint density at radius 2 is 2.00 bits per heavy atom. The van der Waals surface area contributed by atoms with Gasteiger partial charge in [0.25, 0.3) is 0 Å². The molecule has 2 saturated heterocycles.